The fourth-order valence-corrected chi connectivity index (χ4v) is 3.11. The van der Waals surface area contributed by atoms with Crippen LogP contribution in [-0.2, 0) is 4.79 Å². The number of nitrogens with one attached hydrogen (secondary N) is 1. The molecule has 0 aliphatic carbocycles. The summed E-state index contributed by atoms with van der Waals surface area (Å²) in [5.41, 5.74) is 1.24. The first kappa shape index (κ1) is 15.5. The molecule has 2 rings (SSSR count). The molecule has 4 heteroatoms. The minimum Gasteiger partial charge on any atom is -0.325 e. The highest BCUT2D eigenvalue weighted by Gasteiger charge is 2.28. The molecule has 21 heavy (non-hydrogen) atoms. The molecule has 1 aromatic rings. The largest absolute Gasteiger partial charge is 0.325 e. The van der Waals surface area contributed by atoms with Crippen molar-refractivity contribution in [2.24, 2.45) is 11.8 Å². The molecule has 0 aromatic heterocycles. The standard InChI is InChI=1S/C17H23N3O/c1-12-7-13(2)11-20(10-12)14(3)17(21)19-16-6-4-5-15(8-16)9-18/h4-6,8,12-14H,7,10-11H2,1-3H3,(H,19,21)/t12-,13+,14-/m0/s1. The van der Waals surface area contributed by atoms with Gasteiger partial charge in [-0.3, -0.25) is 9.69 Å². The van der Waals surface area contributed by atoms with E-state index < -0.39 is 0 Å². The van der Waals surface area contributed by atoms with Crippen molar-refractivity contribution in [1.82, 2.24) is 4.90 Å². The van der Waals surface area contributed by atoms with Gasteiger partial charge >= 0.3 is 0 Å². The molecule has 1 saturated heterocycles. The van der Waals surface area contributed by atoms with Gasteiger partial charge in [-0.05, 0) is 43.4 Å². The molecule has 0 unspecified atom stereocenters. The van der Waals surface area contributed by atoms with Crippen molar-refractivity contribution < 1.29 is 4.79 Å². The second kappa shape index (κ2) is 6.73. The van der Waals surface area contributed by atoms with Crippen molar-refractivity contribution >= 4 is 11.6 Å². The summed E-state index contributed by atoms with van der Waals surface area (Å²) in [6.07, 6.45) is 1.23. The van der Waals surface area contributed by atoms with Gasteiger partial charge in [0.15, 0.2) is 0 Å². The van der Waals surface area contributed by atoms with Crippen LogP contribution in [0.15, 0.2) is 24.3 Å². The molecule has 1 amide bonds. The van der Waals surface area contributed by atoms with Crippen LogP contribution in [0.25, 0.3) is 0 Å². The van der Waals surface area contributed by atoms with Crippen LogP contribution in [0.4, 0.5) is 5.69 Å². The van der Waals surface area contributed by atoms with E-state index in [1.165, 1.54) is 6.42 Å². The third kappa shape index (κ3) is 4.05. The smallest absolute Gasteiger partial charge is 0.241 e. The van der Waals surface area contributed by atoms with Gasteiger partial charge in [-0.15, -0.1) is 0 Å². The SMILES string of the molecule is C[C@@H]1C[C@H](C)CN([C@@H](C)C(=O)Nc2cccc(C#N)c2)C1. The lowest BCUT2D eigenvalue weighted by Crippen LogP contribution is -2.48. The molecule has 1 aliphatic rings. The second-order valence-electron chi connectivity index (χ2n) is 6.26. The lowest BCUT2D eigenvalue weighted by molar-refractivity contribution is -0.121. The van der Waals surface area contributed by atoms with Crippen molar-refractivity contribution in [1.29, 1.82) is 5.26 Å². The minimum atomic E-state index is -0.152. The number of nitriles is 1. The lowest BCUT2D eigenvalue weighted by atomic mass is 9.91. The zero-order valence-electron chi connectivity index (χ0n) is 13.0. The number of carbonyl (C=O) groups excluding carboxylic acids is 1. The molecule has 0 saturated carbocycles. The molecule has 1 aliphatic heterocycles. The quantitative estimate of drug-likeness (QED) is 0.929. The fourth-order valence-electron chi connectivity index (χ4n) is 3.11. The second-order valence-corrected chi connectivity index (χ2v) is 6.26. The molecule has 0 radical (unpaired) electrons. The maximum atomic E-state index is 12.4. The summed E-state index contributed by atoms with van der Waals surface area (Å²) in [5.74, 6) is 1.25. The van der Waals surface area contributed by atoms with Gasteiger partial charge in [-0.1, -0.05) is 19.9 Å². The summed E-state index contributed by atoms with van der Waals surface area (Å²) < 4.78 is 0. The van der Waals surface area contributed by atoms with Crippen molar-refractivity contribution in [3.8, 4) is 6.07 Å². The van der Waals surface area contributed by atoms with Crippen molar-refractivity contribution in [3.63, 3.8) is 0 Å². The molecule has 0 spiro atoms. The van der Waals surface area contributed by atoms with Crippen molar-refractivity contribution in [2.45, 2.75) is 33.2 Å². The number of amides is 1. The Morgan fingerprint density at radius 2 is 2.05 bits per heavy atom. The van der Waals surface area contributed by atoms with Crippen LogP contribution in [0.3, 0.4) is 0 Å². The Hall–Kier alpha value is -1.86. The van der Waals surface area contributed by atoms with Crippen LogP contribution in [0, 0.1) is 23.2 Å². The number of piperidine rings is 1. The van der Waals surface area contributed by atoms with Gasteiger partial charge in [0, 0.05) is 18.8 Å². The number of nitrogens with zero attached hydrogens (tertiary/aromatic N) is 2. The van der Waals surface area contributed by atoms with Gasteiger partial charge in [0.2, 0.25) is 5.91 Å². The average molecular weight is 285 g/mol. The molecule has 1 aromatic carbocycles. The Bertz CT molecular complexity index is 539. The number of likely N-dealkylation sites (tertiary alicyclic amines) is 1. The van der Waals surface area contributed by atoms with Crippen LogP contribution < -0.4 is 5.32 Å². The Balaban J connectivity index is 2.00. The van der Waals surface area contributed by atoms with Crippen molar-refractivity contribution in [3.05, 3.63) is 29.8 Å². The van der Waals surface area contributed by atoms with Gasteiger partial charge in [0.05, 0.1) is 17.7 Å². The molecule has 1 N–H and O–H groups in total. The predicted octanol–water partition coefficient (Wildman–Crippen LogP) is 2.86. The third-order valence-corrected chi connectivity index (χ3v) is 4.08. The number of anilines is 1. The highest BCUT2D eigenvalue weighted by Crippen LogP contribution is 2.23. The molecular weight excluding hydrogens is 262 g/mol. The Morgan fingerprint density at radius 1 is 1.38 bits per heavy atom. The van der Waals surface area contributed by atoms with E-state index in [2.05, 4.69) is 30.1 Å². The van der Waals surface area contributed by atoms with Crippen LogP contribution in [0.1, 0.15) is 32.8 Å². The summed E-state index contributed by atoms with van der Waals surface area (Å²) in [5, 5.41) is 11.8. The van der Waals surface area contributed by atoms with E-state index in [1.54, 1.807) is 18.2 Å². The van der Waals surface area contributed by atoms with Gasteiger partial charge in [-0.2, -0.15) is 5.26 Å². The molecule has 3 atom stereocenters. The van der Waals surface area contributed by atoms with Crippen LogP contribution >= 0.6 is 0 Å². The predicted molar refractivity (Wildman–Crippen MR) is 83.8 cm³/mol. The lowest BCUT2D eigenvalue weighted by Gasteiger charge is -2.38. The van der Waals surface area contributed by atoms with E-state index >= 15 is 0 Å². The van der Waals surface area contributed by atoms with Crippen LogP contribution in [0.2, 0.25) is 0 Å². The van der Waals surface area contributed by atoms with Crippen LogP contribution in [-0.4, -0.2) is 29.9 Å². The van der Waals surface area contributed by atoms with Gasteiger partial charge in [-0.25, -0.2) is 0 Å². The average Bonchev–Trinajstić information content (AvgIpc) is 2.45. The summed E-state index contributed by atoms with van der Waals surface area (Å²) >= 11 is 0. The molecule has 112 valence electrons. The summed E-state index contributed by atoms with van der Waals surface area (Å²) in [4.78, 5) is 14.6. The maximum Gasteiger partial charge on any atom is 0.241 e. The highest BCUT2D eigenvalue weighted by atomic mass is 16.2. The molecule has 1 heterocycles. The molecule has 1 fully saturated rings. The van der Waals surface area contributed by atoms with Crippen LogP contribution in [0.5, 0.6) is 0 Å². The first-order valence-corrected chi connectivity index (χ1v) is 7.54. The number of carbonyl (C=O) groups is 1. The molecule has 0 bridgehead atoms. The molecular formula is C17H23N3O. The van der Waals surface area contributed by atoms with E-state index in [-0.39, 0.29) is 11.9 Å². The van der Waals surface area contributed by atoms with E-state index in [4.69, 9.17) is 5.26 Å². The normalized spacial score (nSPS) is 24.1. The Morgan fingerprint density at radius 3 is 2.67 bits per heavy atom. The first-order valence-electron chi connectivity index (χ1n) is 7.54. The van der Waals surface area contributed by atoms with E-state index in [1.807, 2.05) is 13.0 Å². The Kier molecular flexibility index (Phi) is 4.98. The third-order valence-electron chi connectivity index (χ3n) is 4.08. The number of rotatable bonds is 3. The van der Waals surface area contributed by atoms with E-state index in [0.717, 1.165) is 13.1 Å². The maximum absolute atomic E-state index is 12.4. The van der Waals surface area contributed by atoms with E-state index in [0.29, 0.717) is 23.1 Å². The van der Waals surface area contributed by atoms with E-state index in [9.17, 15) is 4.79 Å². The highest BCUT2D eigenvalue weighted by molar-refractivity contribution is 5.94. The fraction of sp³-hybridized carbons (Fsp3) is 0.529. The van der Waals surface area contributed by atoms with Gasteiger partial charge in [0.25, 0.3) is 0 Å². The zero-order valence-corrected chi connectivity index (χ0v) is 13.0. The Labute approximate surface area is 126 Å². The van der Waals surface area contributed by atoms with Gasteiger partial charge < -0.3 is 5.32 Å². The summed E-state index contributed by atoms with van der Waals surface area (Å²) in [6, 6.07) is 8.95. The van der Waals surface area contributed by atoms with Gasteiger partial charge in [0.1, 0.15) is 0 Å². The minimum absolute atomic E-state index is 0.00797. The molecule has 4 nitrogen and oxygen atoms in total. The number of hydrogen-bond acceptors (Lipinski definition) is 3. The zero-order chi connectivity index (χ0) is 15.4. The number of benzene rings is 1. The topological polar surface area (TPSA) is 56.1 Å². The number of hydrogen-bond donors (Lipinski definition) is 1. The monoisotopic (exact) mass is 285 g/mol. The summed E-state index contributed by atoms with van der Waals surface area (Å²) in [7, 11) is 0. The first-order chi connectivity index (χ1) is 9.99. The van der Waals surface area contributed by atoms with Crippen molar-refractivity contribution in [2.75, 3.05) is 18.4 Å². The summed E-state index contributed by atoms with van der Waals surface area (Å²) in [6.45, 7) is 8.37.